The highest BCUT2D eigenvalue weighted by atomic mass is 32.2. The van der Waals surface area contributed by atoms with E-state index in [-0.39, 0.29) is 59.9 Å². The minimum Gasteiger partial charge on any atom is -0.497 e. The summed E-state index contributed by atoms with van der Waals surface area (Å²) >= 11 is 0. The molecule has 1 saturated carbocycles. The number of carbonyl (C=O) groups excluding carboxylic acids is 1. The maximum atomic E-state index is 15.6. The van der Waals surface area contributed by atoms with Gasteiger partial charge in [0.1, 0.15) is 17.3 Å². The smallest absolute Gasteiger partial charge is 0.417 e. The van der Waals surface area contributed by atoms with Gasteiger partial charge in [0, 0.05) is 30.5 Å². The van der Waals surface area contributed by atoms with Gasteiger partial charge in [0.25, 0.3) is 5.91 Å². The van der Waals surface area contributed by atoms with Gasteiger partial charge in [-0.15, -0.1) is 0 Å². The lowest BCUT2D eigenvalue weighted by Crippen LogP contribution is -2.62. The number of rotatable bonds is 11. The molecule has 1 atom stereocenters. The number of halogens is 7. The Morgan fingerprint density at radius 1 is 0.952 bits per heavy atom. The quantitative estimate of drug-likeness (QED) is 0.201. The lowest BCUT2D eigenvalue weighted by molar-refractivity contribution is -0.222. The van der Waals surface area contributed by atoms with Crippen molar-refractivity contribution in [2.24, 2.45) is 0 Å². The fraction of sp³-hybridized carbons (Fsp3) is 0.464. The number of alkyl halides is 6. The van der Waals surface area contributed by atoms with E-state index < -0.39 is 63.3 Å². The van der Waals surface area contributed by atoms with Crippen molar-refractivity contribution in [1.29, 1.82) is 0 Å². The number of nitrogens with zero attached hydrogens (tertiary/aromatic N) is 1. The van der Waals surface area contributed by atoms with E-state index in [0.29, 0.717) is 11.8 Å². The Kier molecular flexibility index (Phi) is 8.87. The normalized spacial score (nSPS) is 20.0. The highest BCUT2D eigenvalue weighted by Crippen LogP contribution is 2.55. The molecule has 1 aliphatic heterocycles. The number of carbonyl (C=O) groups is 1. The van der Waals surface area contributed by atoms with Crippen molar-refractivity contribution < 1.29 is 53.4 Å². The van der Waals surface area contributed by atoms with Gasteiger partial charge in [0.05, 0.1) is 19.0 Å². The van der Waals surface area contributed by atoms with Crippen molar-refractivity contribution in [2.45, 2.75) is 68.1 Å². The van der Waals surface area contributed by atoms with Crippen LogP contribution in [0.2, 0.25) is 0 Å². The van der Waals surface area contributed by atoms with E-state index in [4.69, 9.17) is 9.47 Å². The summed E-state index contributed by atoms with van der Waals surface area (Å²) in [6, 6.07) is 8.13. The van der Waals surface area contributed by atoms with Crippen LogP contribution in [0.5, 0.6) is 11.5 Å². The largest absolute Gasteiger partial charge is 0.497 e. The van der Waals surface area contributed by atoms with Gasteiger partial charge in [-0.05, 0) is 67.5 Å². The van der Waals surface area contributed by atoms with E-state index in [1.807, 2.05) is 0 Å². The Labute approximate surface area is 238 Å². The Morgan fingerprint density at radius 2 is 1.60 bits per heavy atom. The van der Waals surface area contributed by atoms with Gasteiger partial charge >= 0.3 is 12.4 Å². The molecule has 1 unspecified atom stereocenters. The van der Waals surface area contributed by atoms with Crippen LogP contribution in [-0.4, -0.2) is 49.9 Å². The Bertz CT molecular complexity index is 1430. The first-order chi connectivity index (χ1) is 19.6. The predicted molar refractivity (Wildman–Crippen MR) is 139 cm³/mol. The summed E-state index contributed by atoms with van der Waals surface area (Å²) in [4.78, 5) is 13.3. The van der Waals surface area contributed by atoms with Gasteiger partial charge in [0.2, 0.25) is 10.0 Å². The van der Waals surface area contributed by atoms with Crippen LogP contribution in [-0.2, 0) is 20.4 Å². The van der Waals surface area contributed by atoms with Crippen molar-refractivity contribution >= 4 is 21.5 Å². The van der Waals surface area contributed by atoms with Gasteiger partial charge in [-0.3, -0.25) is 4.79 Å². The molecule has 0 aromatic heterocycles. The first-order valence-electron chi connectivity index (χ1n) is 13.1. The molecule has 1 aliphatic carbocycles. The van der Waals surface area contributed by atoms with Gasteiger partial charge in [-0.25, -0.2) is 17.1 Å². The molecule has 14 heteroatoms. The molecule has 0 saturated heterocycles. The summed E-state index contributed by atoms with van der Waals surface area (Å²) < 4.78 is 135. The van der Waals surface area contributed by atoms with E-state index in [1.165, 1.54) is 31.4 Å². The SMILES string of the molecule is COc1ccc(C2=CC(=O)N(S(=O)(=O)C3CC3)C(c3ccc(OCCCCCC(F)(F)F)cc3F)(C(F)(F)F)C2)cc1. The summed E-state index contributed by atoms with van der Waals surface area (Å²) in [5, 5.41) is -1.21. The predicted octanol–water partition coefficient (Wildman–Crippen LogP) is 6.90. The molecule has 230 valence electrons. The zero-order valence-electron chi connectivity index (χ0n) is 22.4. The second kappa shape index (κ2) is 11.8. The maximum Gasteiger partial charge on any atom is 0.417 e. The molecule has 0 bridgehead atoms. The molecule has 0 spiro atoms. The number of sulfonamides is 1. The summed E-state index contributed by atoms with van der Waals surface area (Å²) in [5.74, 6) is -2.71. The second-order valence-corrected chi connectivity index (χ2v) is 12.3. The lowest BCUT2D eigenvalue weighted by atomic mass is 9.78. The Balaban J connectivity index is 1.71. The van der Waals surface area contributed by atoms with Crippen LogP contribution in [0.1, 0.15) is 56.1 Å². The molecule has 2 aliphatic rings. The van der Waals surface area contributed by atoms with E-state index in [2.05, 4.69) is 0 Å². The van der Waals surface area contributed by atoms with Gasteiger partial charge < -0.3 is 9.47 Å². The van der Waals surface area contributed by atoms with E-state index in [1.54, 1.807) is 0 Å². The molecular formula is C28H28F7NO5S. The molecule has 2 aromatic rings. The third kappa shape index (κ3) is 6.52. The van der Waals surface area contributed by atoms with Crippen LogP contribution in [0.3, 0.4) is 0 Å². The average Bonchev–Trinajstić information content (AvgIpc) is 3.75. The Hall–Kier alpha value is -3.29. The zero-order valence-corrected chi connectivity index (χ0v) is 23.2. The van der Waals surface area contributed by atoms with Crippen LogP contribution in [0, 0.1) is 5.82 Å². The van der Waals surface area contributed by atoms with E-state index >= 15 is 17.6 Å². The van der Waals surface area contributed by atoms with E-state index in [9.17, 15) is 26.4 Å². The first-order valence-corrected chi connectivity index (χ1v) is 14.6. The highest BCUT2D eigenvalue weighted by Gasteiger charge is 2.68. The number of ether oxygens (including phenoxy) is 2. The van der Waals surface area contributed by atoms with Crippen LogP contribution >= 0.6 is 0 Å². The van der Waals surface area contributed by atoms with Crippen LogP contribution < -0.4 is 9.47 Å². The number of methoxy groups -OCH3 is 1. The fourth-order valence-corrected chi connectivity index (χ4v) is 6.96. The third-order valence-electron chi connectivity index (χ3n) is 7.18. The summed E-state index contributed by atoms with van der Waals surface area (Å²) in [6.45, 7) is -0.119. The first kappa shape index (κ1) is 31.6. The summed E-state index contributed by atoms with van der Waals surface area (Å²) in [5.41, 5.74) is -4.65. The van der Waals surface area contributed by atoms with Crippen molar-refractivity contribution in [2.75, 3.05) is 13.7 Å². The second-order valence-electron chi connectivity index (χ2n) is 10.2. The van der Waals surface area contributed by atoms with Gasteiger partial charge in [-0.2, -0.15) is 26.3 Å². The minimum atomic E-state index is -5.45. The number of amides is 1. The lowest BCUT2D eigenvalue weighted by Gasteiger charge is -2.46. The molecule has 2 aromatic carbocycles. The number of benzene rings is 2. The average molecular weight is 624 g/mol. The fourth-order valence-electron chi connectivity index (χ4n) is 4.93. The number of unbranched alkanes of at least 4 members (excludes halogenated alkanes) is 2. The van der Waals surface area contributed by atoms with Gasteiger partial charge in [0.15, 0.2) is 5.54 Å². The van der Waals surface area contributed by atoms with Crippen molar-refractivity contribution in [3.8, 4) is 11.5 Å². The highest BCUT2D eigenvalue weighted by molar-refractivity contribution is 7.90. The molecule has 0 radical (unpaired) electrons. The molecule has 1 fully saturated rings. The Morgan fingerprint density at radius 3 is 2.14 bits per heavy atom. The number of hydrogen-bond acceptors (Lipinski definition) is 5. The molecule has 42 heavy (non-hydrogen) atoms. The summed E-state index contributed by atoms with van der Waals surface area (Å²) in [6.07, 6.45) is -10.6. The molecule has 4 rings (SSSR count). The standard InChI is InChI=1S/C28H28F7NO5S/c1-40-20-7-5-18(6-8-20)19-15-25(37)36(42(38,39)22-10-11-22)26(17-19,28(33,34)35)23-12-9-21(16-24(23)29)41-14-4-2-3-13-27(30,31)32/h5-9,12,15-16,22H,2-4,10-11,13-14,17H2,1H3. The van der Waals surface area contributed by atoms with Crippen LogP contribution in [0.15, 0.2) is 48.5 Å². The molecule has 1 heterocycles. The molecule has 1 amide bonds. The van der Waals surface area contributed by atoms with Crippen molar-refractivity contribution in [3.05, 3.63) is 65.5 Å². The minimum absolute atomic E-state index is 0.0628. The molecule has 6 nitrogen and oxygen atoms in total. The summed E-state index contributed by atoms with van der Waals surface area (Å²) in [7, 11) is -3.45. The van der Waals surface area contributed by atoms with Gasteiger partial charge in [-0.1, -0.05) is 12.1 Å². The monoisotopic (exact) mass is 623 g/mol. The topological polar surface area (TPSA) is 72.9 Å². The van der Waals surface area contributed by atoms with Crippen LogP contribution in [0.4, 0.5) is 30.7 Å². The van der Waals surface area contributed by atoms with Crippen molar-refractivity contribution in [3.63, 3.8) is 0 Å². The van der Waals surface area contributed by atoms with E-state index in [0.717, 1.165) is 18.2 Å². The molecule has 0 N–H and O–H groups in total. The molecular weight excluding hydrogens is 595 g/mol. The number of hydrogen-bond donors (Lipinski definition) is 0. The van der Waals surface area contributed by atoms with Crippen molar-refractivity contribution in [1.82, 2.24) is 4.31 Å². The zero-order chi connectivity index (χ0) is 30.9. The maximum absolute atomic E-state index is 15.6. The van der Waals surface area contributed by atoms with Crippen LogP contribution in [0.25, 0.3) is 5.57 Å². The third-order valence-corrected chi connectivity index (χ3v) is 9.49.